The summed E-state index contributed by atoms with van der Waals surface area (Å²) >= 11 is 0. The van der Waals surface area contributed by atoms with Gasteiger partial charge in [-0.2, -0.15) is 0 Å². The highest BCUT2D eigenvalue weighted by Crippen LogP contribution is 2.43. The van der Waals surface area contributed by atoms with E-state index in [1.165, 1.54) is 5.01 Å². The minimum absolute atomic E-state index is 0.0733. The highest BCUT2D eigenvalue weighted by molar-refractivity contribution is 5.96. The van der Waals surface area contributed by atoms with Crippen LogP contribution in [0.15, 0.2) is 60.8 Å². The summed E-state index contributed by atoms with van der Waals surface area (Å²) < 4.78 is 14.4. The fourth-order valence-electron chi connectivity index (χ4n) is 12.6. The first-order valence-electron chi connectivity index (χ1n) is 26.8. The summed E-state index contributed by atoms with van der Waals surface area (Å²) in [6.45, 7) is 12.1. The van der Waals surface area contributed by atoms with Crippen LogP contribution >= 0.6 is 0 Å². The van der Waals surface area contributed by atoms with E-state index in [9.17, 15) is 19.2 Å². The second kappa shape index (κ2) is 20.3. The third-order valence-electron chi connectivity index (χ3n) is 16.9. The maximum absolute atomic E-state index is 15.1. The molecule has 2 saturated carbocycles. The molecule has 4 aromatic rings. The molecule has 384 valence electrons. The van der Waals surface area contributed by atoms with E-state index in [2.05, 4.69) is 77.8 Å². The van der Waals surface area contributed by atoms with E-state index in [1.807, 2.05) is 36.9 Å². The number of aromatic nitrogens is 2. The van der Waals surface area contributed by atoms with Crippen molar-refractivity contribution < 1.29 is 33.4 Å². The molecule has 0 unspecified atom stereocenters. The van der Waals surface area contributed by atoms with Gasteiger partial charge in [-0.15, -0.1) is 0 Å². The van der Waals surface area contributed by atoms with Crippen molar-refractivity contribution in [3.8, 4) is 22.4 Å². The molecule has 6 heterocycles. The smallest absolute Gasteiger partial charge is 0.324 e. The van der Waals surface area contributed by atoms with Crippen molar-refractivity contribution in [3.63, 3.8) is 0 Å². The molecule has 8 atom stereocenters. The summed E-state index contributed by atoms with van der Waals surface area (Å²) in [5, 5.41) is 9.16. The number of fused-ring (bicyclic) bond motifs is 6. The molecular formula is C57H74N8O7. The number of benzene rings is 2. The van der Waals surface area contributed by atoms with Crippen LogP contribution in [0.4, 0.5) is 0 Å². The van der Waals surface area contributed by atoms with E-state index in [4.69, 9.17) is 14.5 Å². The number of nitrogens with one attached hydrogen (secondary N) is 3. The highest BCUT2D eigenvalue weighted by atomic mass is 16.5. The van der Waals surface area contributed by atoms with Gasteiger partial charge in [-0.05, 0) is 130 Å². The van der Waals surface area contributed by atoms with E-state index in [0.717, 1.165) is 88.6 Å². The van der Waals surface area contributed by atoms with Crippen LogP contribution in [0, 0.1) is 23.2 Å². The first kappa shape index (κ1) is 49.9. The molecule has 4 aliphatic heterocycles. The lowest BCUT2D eigenvalue weighted by Crippen LogP contribution is -2.62. The molecule has 2 aromatic carbocycles. The number of methoxy groups -OCH3 is 1. The van der Waals surface area contributed by atoms with Gasteiger partial charge in [-0.3, -0.25) is 39.3 Å². The summed E-state index contributed by atoms with van der Waals surface area (Å²) in [7, 11) is 3.42. The summed E-state index contributed by atoms with van der Waals surface area (Å²) in [6, 6.07) is 16.0. The predicted octanol–water partition coefficient (Wildman–Crippen LogP) is 6.75. The Hall–Kier alpha value is -5.64. The van der Waals surface area contributed by atoms with Crippen LogP contribution in [0.3, 0.4) is 0 Å². The fraction of sp³-hybridized carbons (Fsp3) is 0.579. The number of likely N-dealkylation sites (tertiary alicyclic amines) is 1. The van der Waals surface area contributed by atoms with E-state index in [1.54, 1.807) is 25.3 Å². The summed E-state index contributed by atoms with van der Waals surface area (Å²) in [4.78, 5) is 80.7. The molecule has 6 bridgehead atoms. The number of likely N-dealkylation sites (N-methyl/N-ethyl adjacent to an activating group) is 1. The number of nitrogens with zero attached hydrogens (tertiary/aromatic N) is 5. The number of hydrogen-bond acceptors (Lipinski definition) is 10. The van der Waals surface area contributed by atoms with Crippen molar-refractivity contribution in [3.05, 3.63) is 77.6 Å². The maximum atomic E-state index is 15.1. The van der Waals surface area contributed by atoms with Gasteiger partial charge in [0.05, 0.1) is 30.0 Å². The zero-order valence-corrected chi connectivity index (χ0v) is 43.2. The number of carbonyl (C=O) groups excluding carboxylic acids is 5. The standard InChI is InChI=1S/C57H74N8O7/c1-8-63-46-23-22-39-30-42(46)43(51(63)41-18-12-25-58-47(41)34(3)71-7)31-57(4,5)32-72-56(70)44-19-13-26-65(61-44)54(68)45(29-35-14-11-17-38(39)28-35)59-52(66)50(37-15-9-10-16-37)62(6)53(67)40-24-27-64(33(40)2)55(69)49-48(60-49)36-20-21-36/h11-12,14,17-18,22-23,25,28,30,33-34,36-37,40,44-45,48-50,60-61H,8-10,13,15-16,19-21,24,26-27,29,31-32H2,1-7H3,(H,59,66)/t33-,34-,40+,44-,45-,48+,49+,50-/m0/s1. The largest absolute Gasteiger partial charge is 0.464 e. The van der Waals surface area contributed by atoms with Gasteiger partial charge in [0.2, 0.25) is 17.7 Å². The minimum Gasteiger partial charge on any atom is -0.464 e. The predicted molar refractivity (Wildman–Crippen MR) is 275 cm³/mol. The number of carbonyl (C=O) groups is 5. The van der Waals surface area contributed by atoms with Crippen LogP contribution in [-0.4, -0.2) is 124 Å². The van der Waals surface area contributed by atoms with E-state index in [-0.39, 0.29) is 66.8 Å². The molecule has 3 saturated heterocycles. The third kappa shape index (κ3) is 9.80. The molecule has 4 amide bonds. The molecule has 15 nitrogen and oxygen atoms in total. The van der Waals surface area contributed by atoms with E-state index in [0.29, 0.717) is 51.2 Å². The molecule has 3 N–H and O–H groups in total. The molecule has 6 aliphatic rings. The van der Waals surface area contributed by atoms with Crippen LogP contribution in [0.25, 0.3) is 33.3 Å². The summed E-state index contributed by atoms with van der Waals surface area (Å²) in [5.41, 5.74) is 10.6. The minimum atomic E-state index is -1.03. The topological polar surface area (TPSA) is 177 Å². The van der Waals surface area contributed by atoms with E-state index >= 15 is 4.79 Å². The number of esters is 1. The Morgan fingerprint density at radius 1 is 0.972 bits per heavy atom. The van der Waals surface area contributed by atoms with Crippen molar-refractivity contribution in [2.45, 2.75) is 154 Å². The first-order chi connectivity index (χ1) is 34.7. The molecule has 15 heteroatoms. The quantitative estimate of drug-likeness (QED) is 0.108. The van der Waals surface area contributed by atoms with Crippen molar-refractivity contribution in [2.24, 2.45) is 23.2 Å². The van der Waals surface area contributed by atoms with Gasteiger partial charge in [0.1, 0.15) is 24.2 Å². The Bertz CT molecular complexity index is 2730. The fourth-order valence-corrected chi connectivity index (χ4v) is 12.6. The summed E-state index contributed by atoms with van der Waals surface area (Å²) in [5.74, 6) is -1.19. The van der Waals surface area contributed by atoms with Crippen LogP contribution in [0.2, 0.25) is 0 Å². The number of ether oxygens (including phenoxy) is 2. The van der Waals surface area contributed by atoms with Gasteiger partial charge < -0.3 is 29.2 Å². The van der Waals surface area contributed by atoms with Gasteiger partial charge in [-0.1, -0.05) is 57.0 Å². The number of amides is 4. The van der Waals surface area contributed by atoms with Crippen molar-refractivity contribution in [1.82, 2.24) is 40.4 Å². The average molecular weight is 983 g/mol. The normalized spacial score (nSPS) is 26.5. The van der Waals surface area contributed by atoms with Crippen LogP contribution < -0.4 is 16.1 Å². The first-order valence-corrected chi connectivity index (χ1v) is 26.8. The maximum Gasteiger partial charge on any atom is 0.324 e. The molecular weight excluding hydrogens is 909 g/mol. The zero-order valence-electron chi connectivity index (χ0n) is 43.2. The molecule has 2 aromatic heterocycles. The molecule has 0 spiro atoms. The van der Waals surface area contributed by atoms with Gasteiger partial charge in [0.15, 0.2) is 0 Å². The number of hydrazine groups is 1. The zero-order chi connectivity index (χ0) is 50.6. The Morgan fingerprint density at radius 2 is 1.75 bits per heavy atom. The Morgan fingerprint density at radius 3 is 2.50 bits per heavy atom. The Balaban J connectivity index is 0.986. The Labute approximate surface area is 424 Å². The molecule has 5 fully saturated rings. The van der Waals surface area contributed by atoms with Crippen LogP contribution in [0.5, 0.6) is 0 Å². The van der Waals surface area contributed by atoms with Crippen LogP contribution in [-0.2, 0) is 52.8 Å². The van der Waals surface area contributed by atoms with Crippen molar-refractivity contribution in [1.29, 1.82) is 0 Å². The lowest BCUT2D eigenvalue weighted by atomic mass is 9.84. The van der Waals surface area contributed by atoms with Crippen LogP contribution in [0.1, 0.15) is 115 Å². The lowest BCUT2D eigenvalue weighted by molar-refractivity contribution is -0.155. The SMILES string of the molecule is CCn1c(-c2cccnc2[C@H](C)OC)c2c3cc(ccc31)-c1cccc(c1)C[C@H](NC(=O)[C@H](C1CCCC1)N(C)C(=O)[C@@H]1CCN(C(=O)[C@@H]3N[C@@H]3C3CC3)[C@H]1C)C(=O)N1CCC[C@H](N1)C(=O)OCC(C)(C)C2. The highest BCUT2D eigenvalue weighted by Gasteiger charge is 2.54. The molecule has 72 heavy (non-hydrogen) atoms. The molecule has 2 aliphatic carbocycles. The van der Waals surface area contributed by atoms with Crippen molar-refractivity contribution in [2.75, 3.05) is 33.9 Å². The number of aryl methyl sites for hydroxylation is 1. The van der Waals surface area contributed by atoms with E-state index < -0.39 is 35.4 Å². The second-order valence-corrected chi connectivity index (χ2v) is 22.5. The number of rotatable bonds is 11. The van der Waals surface area contributed by atoms with Gasteiger partial charge in [0.25, 0.3) is 5.91 Å². The third-order valence-corrected chi connectivity index (χ3v) is 16.9. The van der Waals surface area contributed by atoms with Crippen molar-refractivity contribution >= 4 is 40.5 Å². The monoisotopic (exact) mass is 983 g/mol. The summed E-state index contributed by atoms with van der Waals surface area (Å²) in [6.07, 6.45) is 9.70. The van der Waals surface area contributed by atoms with Gasteiger partial charge in [-0.25, -0.2) is 5.43 Å². The number of pyridine rings is 1. The molecule has 0 radical (unpaired) electrons. The Kier molecular flexibility index (Phi) is 14.1. The number of cyclic esters (lactones) is 1. The van der Waals surface area contributed by atoms with Gasteiger partial charge >= 0.3 is 5.97 Å². The van der Waals surface area contributed by atoms with Gasteiger partial charge in [0, 0.05) is 80.4 Å². The lowest BCUT2D eigenvalue weighted by Gasteiger charge is -2.37. The molecule has 10 rings (SSSR count). The number of hydrogen-bond donors (Lipinski definition) is 3. The second-order valence-electron chi connectivity index (χ2n) is 22.5. The average Bonchev–Trinajstić information content (AvgIpc) is 4.27.